The highest BCUT2D eigenvalue weighted by Gasteiger charge is 2.21. The van der Waals surface area contributed by atoms with Crippen LogP contribution in [-0.2, 0) is 11.8 Å². The SMILES string of the molecule is Cc1ccccc1C(CC(=NO)c1ccc(=O)n(C)c1)c1ccc(C(=O)NCCCC(=O)O)cc1. The first-order valence-electron chi connectivity index (χ1n) is 11.3. The van der Waals surface area contributed by atoms with Crippen molar-refractivity contribution in [3.8, 4) is 0 Å². The maximum atomic E-state index is 12.4. The molecule has 0 aliphatic rings. The van der Waals surface area contributed by atoms with Gasteiger partial charge in [0.25, 0.3) is 5.91 Å². The molecule has 35 heavy (non-hydrogen) atoms. The lowest BCUT2D eigenvalue weighted by molar-refractivity contribution is -0.137. The topological polar surface area (TPSA) is 121 Å². The summed E-state index contributed by atoms with van der Waals surface area (Å²) in [6.07, 6.45) is 2.38. The third-order valence-corrected chi connectivity index (χ3v) is 5.93. The molecule has 3 rings (SSSR count). The first-order chi connectivity index (χ1) is 16.8. The van der Waals surface area contributed by atoms with Crippen molar-refractivity contribution in [3.63, 3.8) is 0 Å². The molecular weight excluding hydrogens is 446 g/mol. The number of aryl methyl sites for hydroxylation is 2. The molecule has 2 aromatic carbocycles. The van der Waals surface area contributed by atoms with E-state index in [9.17, 15) is 19.6 Å². The largest absolute Gasteiger partial charge is 0.481 e. The molecule has 8 nitrogen and oxygen atoms in total. The molecule has 1 atom stereocenters. The van der Waals surface area contributed by atoms with Crippen LogP contribution in [0.15, 0.2) is 76.8 Å². The number of aliphatic carboxylic acids is 1. The minimum atomic E-state index is -0.894. The Morgan fingerprint density at radius 1 is 1.03 bits per heavy atom. The number of nitrogens with one attached hydrogen (secondary N) is 1. The van der Waals surface area contributed by atoms with Gasteiger partial charge in [-0.2, -0.15) is 0 Å². The lowest BCUT2D eigenvalue weighted by Gasteiger charge is -2.21. The first-order valence-corrected chi connectivity index (χ1v) is 11.3. The zero-order chi connectivity index (χ0) is 25.4. The number of amides is 1. The molecule has 3 aromatic rings. The van der Waals surface area contributed by atoms with Gasteiger partial charge in [0.1, 0.15) is 0 Å². The Morgan fingerprint density at radius 2 is 1.71 bits per heavy atom. The van der Waals surface area contributed by atoms with Gasteiger partial charge in [-0.05, 0) is 48.2 Å². The van der Waals surface area contributed by atoms with E-state index in [0.29, 0.717) is 29.7 Å². The van der Waals surface area contributed by atoms with E-state index >= 15 is 0 Å². The summed E-state index contributed by atoms with van der Waals surface area (Å²) in [6.45, 7) is 2.30. The highest BCUT2D eigenvalue weighted by molar-refractivity contribution is 6.00. The summed E-state index contributed by atoms with van der Waals surface area (Å²) < 4.78 is 1.44. The highest BCUT2D eigenvalue weighted by Crippen LogP contribution is 2.32. The maximum absolute atomic E-state index is 12.4. The van der Waals surface area contributed by atoms with E-state index in [-0.39, 0.29) is 30.3 Å². The Balaban J connectivity index is 1.87. The lowest BCUT2D eigenvalue weighted by atomic mass is 9.83. The summed E-state index contributed by atoms with van der Waals surface area (Å²) in [4.78, 5) is 34.8. The first kappa shape index (κ1) is 25.4. The molecule has 1 amide bonds. The number of hydrogen-bond acceptors (Lipinski definition) is 5. The molecule has 1 aromatic heterocycles. The van der Waals surface area contributed by atoms with Crippen LogP contribution in [0.3, 0.4) is 0 Å². The van der Waals surface area contributed by atoms with Crippen molar-refractivity contribution in [2.45, 2.75) is 32.1 Å². The third kappa shape index (κ3) is 6.66. The average Bonchev–Trinajstić information content (AvgIpc) is 2.85. The Kier molecular flexibility index (Phi) is 8.56. The standard InChI is InChI=1S/C27H29N3O5/c1-18-6-3-4-7-22(18)23(16-24(29-35)21-13-14-25(31)30(2)17-21)19-9-11-20(12-10-19)27(34)28-15-5-8-26(32)33/h3-4,6-7,9-14,17,23,35H,5,8,15-16H2,1-2H3,(H,28,34)(H,32,33). The van der Waals surface area contributed by atoms with Gasteiger partial charge in [0, 0.05) is 55.7 Å². The minimum Gasteiger partial charge on any atom is -0.481 e. The number of pyridine rings is 1. The molecule has 8 heteroatoms. The fraction of sp³-hybridized carbons (Fsp3) is 0.259. The van der Waals surface area contributed by atoms with Crippen LogP contribution in [0, 0.1) is 6.92 Å². The number of nitrogens with zero attached hydrogens (tertiary/aromatic N) is 2. The molecule has 0 spiro atoms. The van der Waals surface area contributed by atoms with Gasteiger partial charge in [0.15, 0.2) is 0 Å². The van der Waals surface area contributed by atoms with E-state index in [1.807, 2.05) is 43.3 Å². The quantitative estimate of drug-likeness (QED) is 0.179. The Bertz CT molecular complexity index is 1280. The second-order valence-electron chi connectivity index (χ2n) is 8.40. The smallest absolute Gasteiger partial charge is 0.303 e. The summed E-state index contributed by atoms with van der Waals surface area (Å²) in [7, 11) is 1.64. The van der Waals surface area contributed by atoms with Crippen molar-refractivity contribution >= 4 is 17.6 Å². The normalized spacial score (nSPS) is 12.2. The molecule has 3 N–H and O–H groups in total. The summed E-state index contributed by atoms with van der Waals surface area (Å²) in [6, 6.07) is 18.2. The van der Waals surface area contributed by atoms with Gasteiger partial charge < -0.3 is 20.2 Å². The van der Waals surface area contributed by atoms with Crippen molar-refractivity contribution in [3.05, 3.63) is 105 Å². The Labute approximate surface area is 203 Å². The summed E-state index contributed by atoms with van der Waals surface area (Å²) in [5.41, 5.74) is 4.48. The van der Waals surface area contributed by atoms with Gasteiger partial charge in [-0.25, -0.2) is 0 Å². The van der Waals surface area contributed by atoms with Crippen LogP contribution in [0.25, 0.3) is 0 Å². The Morgan fingerprint density at radius 3 is 2.34 bits per heavy atom. The van der Waals surface area contributed by atoms with Gasteiger partial charge in [-0.15, -0.1) is 0 Å². The second kappa shape index (κ2) is 11.8. The van der Waals surface area contributed by atoms with E-state index in [1.54, 1.807) is 31.4 Å². The predicted octanol–water partition coefficient (Wildman–Crippen LogP) is 3.69. The number of oxime groups is 1. The zero-order valence-corrected chi connectivity index (χ0v) is 19.8. The highest BCUT2D eigenvalue weighted by atomic mass is 16.4. The number of benzene rings is 2. The van der Waals surface area contributed by atoms with Gasteiger partial charge in [0.05, 0.1) is 5.71 Å². The molecule has 0 bridgehead atoms. The number of carbonyl (C=O) groups excluding carboxylic acids is 1. The van der Waals surface area contributed by atoms with Gasteiger partial charge in [-0.3, -0.25) is 14.4 Å². The van der Waals surface area contributed by atoms with Crippen LogP contribution in [-0.4, -0.2) is 39.0 Å². The van der Waals surface area contributed by atoms with E-state index in [1.165, 1.54) is 10.6 Å². The van der Waals surface area contributed by atoms with Gasteiger partial charge >= 0.3 is 5.97 Å². The maximum Gasteiger partial charge on any atom is 0.303 e. The van der Waals surface area contributed by atoms with Crippen LogP contribution in [0.2, 0.25) is 0 Å². The summed E-state index contributed by atoms with van der Waals surface area (Å²) in [5.74, 6) is -1.32. The molecule has 0 fully saturated rings. The van der Waals surface area contributed by atoms with E-state index in [4.69, 9.17) is 5.11 Å². The van der Waals surface area contributed by atoms with Crippen molar-refractivity contribution < 1.29 is 19.9 Å². The predicted molar refractivity (Wildman–Crippen MR) is 133 cm³/mol. The van der Waals surface area contributed by atoms with Crippen molar-refractivity contribution in [2.75, 3.05) is 6.54 Å². The molecular formula is C27H29N3O5. The zero-order valence-electron chi connectivity index (χ0n) is 19.8. The van der Waals surface area contributed by atoms with E-state index in [2.05, 4.69) is 10.5 Å². The number of carbonyl (C=O) groups is 2. The van der Waals surface area contributed by atoms with Crippen molar-refractivity contribution in [1.82, 2.24) is 9.88 Å². The monoisotopic (exact) mass is 475 g/mol. The molecule has 0 saturated heterocycles. The molecule has 0 aliphatic heterocycles. The number of carboxylic acid groups (broad SMARTS) is 1. The number of hydrogen-bond donors (Lipinski definition) is 3. The van der Waals surface area contributed by atoms with Crippen molar-refractivity contribution in [1.29, 1.82) is 0 Å². The van der Waals surface area contributed by atoms with Crippen molar-refractivity contribution in [2.24, 2.45) is 12.2 Å². The molecule has 182 valence electrons. The van der Waals surface area contributed by atoms with E-state index in [0.717, 1.165) is 16.7 Å². The van der Waals surface area contributed by atoms with Crippen LogP contribution in [0.5, 0.6) is 0 Å². The molecule has 0 aliphatic carbocycles. The van der Waals surface area contributed by atoms with Gasteiger partial charge in [0.2, 0.25) is 5.56 Å². The molecule has 0 saturated carbocycles. The van der Waals surface area contributed by atoms with Gasteiger partial charge in [-0.1, -0.05) is 41.6 Å². The third-order valence-electron chi connectivity index (χ3n) is 5.93. The molecule has 1 unspecified atom stereocenters. The number of aromatic nitrogens is 1. The number of carboxylic acids is 1. The average molecular weight is 476 g/mol. The second-order valence-corrected chi connectivity index (χ2v) is 8.40. The van der Waals surface area contributed by atoms with Crippen LogP contribution < -0.4 is 10.9 Å². The van der Waals surface area contributed by atoms with Crippen LogP contribution >= 0.6 is 0 Å². The Hall–Kier alpha value is -4.20. The molecule has 0 radical (unpaired) electrons. The fourth-order valence-corrected chi connectivity index (χ4v) is 3.97. The minimum absolute atomic E-state index is 0.00163. The fourth-order valence-electron chi connectivity index (χ4n) is 3.97. The lowest BCUT2D eigenvalue weighted by Crippen LogP contribution is -2.24. The van der Waals surface area contributed by atoms with Crippen LogP contribution in [0.1, 0.15) is 57.8 Å². The van der Waals surface area contributed by atoms with E-state index < -0.39 is 5.97 Å². The summed E-state index contributed by atoms with van der Waals surface area (Å²) >= 11 is 0. The number of rotatable bonds is 10. The van der Waals surface area contributed by atoms with Crippen LogP contribution in [0.4, 0.5) is 0 Å². The molecule has 1 heterocycles. The summed E-state index contributed by atoms with van der Waals surface area (Å²) in [5, 5.41) is 24.8.